The van der Waals surface area contributed by atoms with Crippen molar-refractivity contribution >= 4 is 17.7 Å². The second-order valence-corrected chi connectivity index (χ2v) is 5.43. The number of anilines is 2. The van der Waals surface area contributed by atoms with E-state index in [4.69, 9.17) is 0 Å². The maximum absolute atomic E-state index is 13.9. The number of carbonyl (C=O) groups is 1. The zero-order valence-electron chi connectivity index (χ0n) is 12.3. The maximum Gasteiger partial charge on any atom is 0.242 e. The van der Waals surface area contributed by atoms with E-state index in [0.717, 1.165) is 32.5 Å². The average Bonchev–Trinajstić information content (AvgIpc) is 3.01. The molecule has 0 saturated carbocycles. The average molecular weight is 293 g/mol. The Hall–Kier alpha value is -1.92. The fourth-order valence-electron chi connectivity index (χ4n) is 2.87. The van der Waals surface area contributed by atoms with Gasteiger partial charge in [0, 0.05) is 32.7 Å². The van der Waals surface area contributed by atoms with E-state index in [1.165, 1.54) is 6.20 Å². The molecule has 0 atom stereocenters. The molecule has 2 saturated heterocycles. The Morgan fingerprint density at radius 3 is 2.62 bits per heavy atom. The molecule has 1 aromatic rings. The molecule has 7 heteroatoms. The van der Waals surface area contributed by atoms with Crippen molar-refractivity contribution in [1.82, 2.24) is 14.9 Å². The van der Waals surface area contributed by atoms with Crippen molar-refractivity contribution in [3.63, 3.8) is 0 Å². The summed E-state index contributed by atoms with van der Waals surface area (Å²) in [7, 11) is 0. The van der Waals surface area contributed by atoms with Crippen molar-refractivity contribution in [2.75, 3.05) is 49.1 Å². The summed E-state index contributed by atoms with van der Waals surface area (Å²) in [6.07, 6.45) is 3.34. The van der Waals surface area contributed by atoms with Crippen LogP contribution in [0.2, 0.25) is 0 Å². The van der Waals surface area contributed by atoms with E-state index < -0.39 is 0 Å². The summed E-state index contributed by atoms with van der Waals surface area (Å²) < 4.78 is 13.9. The largest absolute Gasteiger partial charge is 0.354 e. The molecule has 0 aliphatic carbocycles. The first-order valence-electron chi connectivity index (χ1n) is 7.49. The van der Waals surface area contributed by atoms with Gasteiger partial charge in [-0.25, -0.2) is 9.37 Å². The van der Waals surface area contributed by atoms with Crippen LogP contribution in [0.25, 0.3) is 0 Å². The van der Waals surface area contributed by atoms with Crippen LogP contribution in [0.5, 0.6) is 0 Å². The third-order valence-electron chi connectivity index (χ3n) is 4.10. The van der Waals surface area contributed by atoms with Gasteiger partial charge in [0.05, 0.1) is 12.7 Å². The van der Waals surface area contributed by atoms with Gasteiger partial charge in [-0.05, 0) is 19.8 Å². The van der Waals surface area contributed by atoms with E-state index in [-0.39, 0.29) is 18.3 Å². The smallest absolute Gasteiger partial charge is 0.242 e. The summed E-state index contributed by atoms with van der Waals surface area (Å²) in [5.74, 6) is 0.490. The van der Waals surface area contributed by atoms with Crippen molar-refractivity contribution < 1.29 is 9.18 Å². The lowest BCUT2D eigenvalue weighted by molar-refractivity contribution is -0.130. The Labute approximate surface area is 123 Å². The number of halogens is 1. The number of aromatic nitrogens is 2. The maximum atomic E-state index is 13.9. The molecule has 0 spiro atoms. The molecule has 21 heavy (non-hydrogen) atoms. The molecule has 0 N–H and O–H groups in total. The number of likely N-dealkylation sites (N-methyl/N-ethyl adjacent to an activating group) is 1. The Morgan fingerprint density at radius 1 is 1.19 bits per heavy atom. The molecule has 0 bridgehead atoms. The number of nitrogens with zero attached hydrogens (tertiary/aromatic N) is 5. The molecule has 0 unspecified atom stereocenters. The van der Waals surface area contributed by atoms with Crippen molar-refractivity contribution in [3.05, 3.63) is 12.0 Å². The van der Waals surface area contributed by atoms with Gasteiger partial charge in [0.25, 0.3) is 0 Å². The van der Waals surface area contributed by atoms with Crippen LogP contribution >= 0.6 is 0 Å². The van der Waals surface area contributed by atoms with Crippen LogP contribution in [-0.2, 0) is 4.79 Å². The second kappa shape index (κ2) is 5.83. The van der Waals surface area contributed by atoms with Gasteiger partial charge in [-0.2, -0.15) is 4.98 Å². The minimum absolute atomic E-state index is 0.0689. The van der Waals surface area contributed by atoms with Gasteiger partial charge in [-0.3, -0.25) is 4.79 Å². The lowest BCUT2D eigenvalue weighted by Crippen LogP contribution is -2.50. The van der Waals surface area contributed by atoms with E-state index in [1.54, 1.807) is 4.90 Å². The van der Waals surface area contributed by atoms with Gasteiger partial charge in [-0.15, -0.1) is 0 Å². The predicted molar refractivity (Wildman–Crippen MR) is 77.9 cm³/mol. The molecular formula is C14H20FN5O. The number of hydrogen-bond acceptors (Lipinski definition) is 5. The van der Waals surface area contributed by atoms with Crippen molar-refractivity contribution in [2.45, 2.75) is 19.8 Å². The predicted octanol–water partition coefficient (Wildman–Crippen LogP) is 0.884. The fraction of sp³-hybridized carbons (Fsp3) is 0.643. The number of rotatable bonds is 3. The van der Waals surface area contributed by atoms with Crippen LogP contribution in [0, 0.1) is 5.82 Å². The lowest BCUT2D eigenvalue weighted by Gasteiger charge is -2.33. The normalized spacial score (nSPS) is 19.5. The van der Waals surface area contributed by atoms with E-state index in [2.05, 4.69) is 9.97 Å². The molecule has 0 radical (unpaired) electrons. The Morgan fingerprint density at radius 2 is 1.95 bits per heavy atom. The molecule has 114 valence electrons. The third kappa shape index (κ3) is 2.77. The van der Waals surface area contributed by atoms with Crippen molar-refractivity contribution in [3.8, 4) is 0 Å². The highest BCUT2D eigenvalue weighted by molar-refractivity contribution is 5.82. The van der Waals surface area contributed by atoms with E-state index in [9.17, 15) is 9.18 Å². The van der Waals surface area contributed by atoms with Crippen LogP contribution in [0.1, 0.15) is 19.8 Å². The first-order valence-corrected chi connectivity index (χ1v) is 7.49. The van der Waals surface area contributed by atoms with E-state index in [1.807, 2.05) is 16.7 Å². The standard InChI is InChI=1S/C14H20FN5O/c1-2-18-7-8-20(10-12(18)21)14-16-9-11(15)13(17-14)19-5-3-4-6-19/h9H,2-8,10H2,1H3. The van der Waals surface area contributed by atoms with E-state index in [0.29, 0.717) is 24.9 Å². The highest BCUT2D eigenvalue weighted by Gasteiger charge is 2.26. The summed E-state index contributed by atoms with van der Waals surface area (Å²) in [4.78, 5) is 26.0. The first-order chi connectivity index (χ1) is 10.2. The van der Waals surface area contributed by atoms with Crippen LogP contribution in [-0.4, -0.2) is 60.0 Å². The highest BCUT2D eigenvalue weighted by Crippen LogP contribution is 2.23. The van der Waals surface area contributed by atoms with Crippen LogP contribution in [0.4, 0.5) is 16.2 Å². The minimum Gasteiger partial charge on any atom is -0.354 e. The van der Waals surface area contributed by atoms with Gasteiger partial charge >= 0.3 is 0 Å². The molecule has 6 nitrogen and oxygen atoms in total. The molecule has 2 aliphatic heterocycles. The Bertz CT molecular complexity index is 532. The minimum atomic E-state index is -0.390. The molecule has 2 aliphatic rings. The lowest BCUT2D eigenvalue weighted by atomic mass is 10.3. The molecule has 1 amide bonds. The zero-order chi connectivity index (χ0) is 14.8. The molecule has 2 fully saturated rings. The molecule has 1 aromatic heterocycles. The molecular weight excluding hydrogens is 273 g/mol. The zero-order valence-corrected chi connectivity index (χ0v) is 12.3. The van der Waals surface area contributed by atoms with Crippen LogP contribution in [0.15, 0.2) is 6.20 Å². The second-order valence-electron chi connectivity index (χ2n) is 5.43. The summed E-state index contributed by atoms with van der Waals surface area (Å²) in [6.45, 7) is 5.95. The van der Waals surface area contributed by atoms with Gasteiger partial charge in [0.1, 0.15) is 0 Å². The van der Waals surface area contributed by atoms with Crippen molar-refractivity contribution in [1.29, 1.82) is 0 Å². The van der Waals surface area contributed by atoms with E-state index >= 15 is 0 Å². The summed E-state index contributed by atoms with van der Waals surface area (Å²) in [5, 5.41) is 0. The molecule has 0 aromatic carbocycles. The third-order valence-corrected chi connectivity index (χ3v) is 4.10. The van der Waals surface area contributed by atoms with Crippen LogP contribution in [0.3, 0.4) is 0 Å². The first kappa shape index (κ1) is 14.0. The topological polar surface area (TPSA) is 52.6 Å². The molecule has 3 heterocycles. The quantitative estimate of drug-likeness (QED) is 0.828. The summed E-state index contributed by atoms with van der Waals surface area (Å²) in [6, 6.07) is 0. The number of carbonyl (C=O) groups excluding carboxylic acids is 1. The van der Waals surface area contributed by atoms with Crippen LogP contribution < -0.4 is 9.80 Å². The summed E-state index contributed by atoms with van der Waals surface area (Å²) >= 11 is 0. The van der Waals surface area contributed by atoms with Gasteiger partial charge in [-0.1, -0.05) is 0 Å². The van der Waals surface area contributed by atoms with Gasteiger partial charge in [0.15, 0.2) is 11.6 Å². The Kier molecular flexibility index (Phi) is 3.90. The number of piperazine rings is 1. The molecule has 3 rings (SSSR count). The fourth-order valence-corrected chi connectivity index (χ4v) is 2.87. The Balaban J connectivity index is 1.79. The summed E-state index contributed by atoms with van der Waals surface area (Å²) in [5.41, 5.74) is 0. The highest BCUT2D eigenvalue weighted by atomic mass is 19.1. The van der Waals surface area contributed by atoms with Gasteiger partial charge < -0.3 is 14.7 Å². The van der Waals surface area contributed by atoms with Crippen molar-refractivity contribution in [2.24, 2.45) is 0 Å². The van der Waals surface area contributed by atoms with Gasteiger partial charge in [0.2, 0.25) is 11.9 Å². The monoisotopic (exact) mass is 293 g/mol. The number of amides is 1. The number of hydrogen-bond donors (Lipinski definition) is 0. The SMILES string of the molecule is CCN1CCN(c2ncc(F)c(N3CCCC3)n2)CC1=O.